The van der Waals surface area contributed by atoms with Gasteiger partial charge in [0.1, 0.15) is 17.3 Å². The third-order valence-electron chi connectivity index (χ3n) is 6.55. The van der Waals surface area contributed by atoms with Crippen molar-refractivity contribution in [3.05, 3.63) is 83.7 Å². The lowest BCUT2D eigenvalue weighted by Gasteiger charge is -2.29. The van der Waals surface area contributed by atoms with Gasteiger partial charge in [-0.15, -0.1) is 0 Å². The molecule has 1 aliphatic carbocycles. The average Bonchev–Trinajstić information content (AvgIpc) is 2.89. The first-order valence-electron chi connectivity index (χ1n) is 12.5. The van der Waals surface area contributed by atoms with Crippen LogP contribution in [0, 0.1) is 5.82 Å². The maximum Gasteiger partial charge on any atom is 0.216 e. The van der Waals surface area contributed by atoms with Crippen LogP contribution in [0.3, 0.4) is 0 Å². The van der Waals surface area contributed by atoms with Gasteiger partial charge >= 0.3 is 0 Å². The fourth-order valence-corrected chi connectivity index (χ4v) is 4.59. The molecule has 36 heavy (non-hydrogen) atoms. The molecular weight excluding hydrogens is 457 g/mol. The molecule has 0 atom stereocenters. The van der Waals surface area contributed by atoms with Gasteiger partial charge in [0.05, 0.1) is 25.9 Å². The van der Waals surface area contributed by atoms with Crippen LogP contribution in [0.1, 0.15) is 43.7 Å². The lowest BCUT2D eigenvalue weighted by Crippen LogP contribution is -2.28. The number of hydrogen-bond acceptors (Lipinski definition) is 4. The third-order valence-corrected chi connectivity index (χ3v) is 6.55. The van der Waals surface area contributed by atoms with Crippen LogP contribution in [0.15, 0.2) is 66.7 Å². The minimum absolute atomic E-state index is 0.0640. The monoisotopic (exact) mass is 491 g/mol. The molecule has 0 saturated heterocycles. The summed E-state index contributed by atoms with van der Waals surface area (Å²) in [5, 5.41) is 2.83. The number of halogens is 1. The van der Waals surface area contributed by atoms with Crippen molar-refractivity contribution in [1.29, 1.82) is 0 Å². The molecule has 190 valence electrons. The van der Waals surface area contributed by atoms with Crippen molar-refractivity contribution in [3.63, 3.8) is 0 Å². The summed E-state index contributed by atoms with van der Waals surface area (Å²) >= 11 is 0. The molecule has 0 bridgehead atoms. The first kappa shape index (κ1) is 25.7. The summed E-state index contributed by atoms with van der Waals surface area (Å²) in [6, 6.07) is 20.5. The number of hydrogen-bond donors (Lipinski definition) is 1. The van der Waals surface area contributed by atoms with Gasteiger partial charge in [0.25, 0.3) is 0 Å². The predicted octanol–water partition coefficient (Wildman–Crippen LogP) is 6.09. The minimum Gasteiger partial charge on any atom is -0.497 e. The molecule has 0 unspecified atom stereocenters. The first-order valence-corrected chi connectivity index (χ1v) is 12.5. The Morgan fingerprint density at radius 1 is 0.944 bits per heavy atom. The standard InChI is InChI=1S/C30H34FNO4/c1-21(33)32-17-16-23-8-11-29(19-30(23)24-4-3-5-25(31)18-24)36-28-14-12-27(13-15-28)35-20-22-6-9-26(34-2)10-7-22/h3-11,18-19,27-28H,12-17,20H2,1-2H3,(H,32,33). The molecule has 1 saturated carbocycles. The molecule has 0 spiro atoms. The molecule has 1 fully saturated rings. The van der Waals surface area contributed by atoms with Crippen molar-refractivity contribution < 1.29 is 23.4 Å². The van der Waals surface area contributed by atoms with Gasteiger partial charge in [-0.05, 0) is 90.8 Å². The summed E-state index contributed by atoms with van der Waals surface area (Å²) in [4.78, 5) is 11.3. The number of benzene rings is 3. The number of nitrogens with one attached hydrogen (secondary N) is 1. The third kappa shape index (κ3) is 7.31. The Hall–Kier alpha value is -3.38. The molecule has 1 N–H and O–H groups in total. The Morgan fingerprint density at radius 3 is 2.36 bits per heavy atom. The van der Waals surface area contributed by atoms with Crippen LogP contribution in [0.5, 0.6) is 11.5 Å². The van der Waals surface area contributed by atoms with Gasteiger partial charge < -0.3 is 19.5 Å². The topological polar surface area (TPSA) is 56.8 Å². The van der Waals surface area contributed by atoms with Crippen molar-refractivity contribution in [3.8, 4) is 22.6 Å². The van der Waals surface area contributed by atoms with Crippen LogP contribution in [0.25, 0.3) is 11.1 Å². The van der Waals surface area contributed by atoms with Crippen LogP contribution in [-0.4, -0.2) is 31.8 Å². The van der Waals surface area contributed by atoms with Crippen LogP contribution in [0.2, 0.25) is 0 Å². The molecule has 3 aromatic carbocycles. The summed E-state index contributed by atoms with van der Waals surface area (Å²) in [5.41, 5.74) is 3.90. The van der Waals surface area contributed by atoms with Gasteiger partial charge in [0.15, 0.2) is 0 Å². The number of methoxy groups -OCH3 is 1. The highest BCUT2D eigenvalue weighted by atomic mass is 19.1. The molecule has 1 aliphatic rings. The van der Waals surface area contributed by atoms with Gasteiger partial charge in [-0.1, -0.05) is 30.3 Å². The number of amides is 1. The highest BCUT2D eigenvalue weighted by Gasteiger charge is 2.23. The molecule has 0 aliphatic heterocycles. The minimum atomic E-state index is -0.278. The normalized spacial score (nSPS) is 17.4. The summed E-state index contributed by atoms with van der Waals surface area (Å²) in [6.07, 6.45) is 4.75. The molecule has 5 nitrogen and oxygen atoms in total. The molecule has 6 heteroatoms. The van der Waals surface area contributed by atoms with Crippen LogP contribution in [0.4, 0.5) is 4.39 Å². The lowest BCUT2D eigenvalue weighted by molar-refractivity contribution is -0.118. The van der Waals surface area contributed by atoms with Crippen molar-refractivity contribution in [2.45, 2.75) is 57.8 Å². The summed E-state index contributed by atoms with van der Waals surface area (Å²) in [6.45, 7) is 2.62. The van der Waals surface area contributed by atoms with Crippen molar-refractivity contribution in [2.75, 3.05) is 13.7 Å². The quantitative estimate of drug-likeness (QED) is 0.373. The lowest BCUT2D eigenvalue weighted by atomic mass is 9.94. The maximum absolute atomic E-state index is 14.0. The Labute approximate surface area is 212 Å². The van der Waals surface area contributed by atoms with E-state index in [-0.39, 0.29) is 23.9 Å². The Kier molecular flexibility index (Phi) is 8.95. The summed E-state index contributed by atoms with van der Waals surface area (Å²) in [5.74, 6) is 1.28. The van der Waals surface area contributed by atoms with E-state index < -0.39 is 0 Å². The Balaban J connectivity index is 1.35. The largest absolute Gasteiger partial charge is 0.497 e. The van der Waals surface area contributed by atoms with E-state index in [0.29, 0.717) is 19.6 Å². The van der Waals surface area contributed by atoms with Crippen LogP contribution in [-0.2, 0) is 22.6 Å². The van der Waals surface area contributed by atoms with E-state index in [9.17, 15) is 9.18 Å². The maximum atomic E-state index is 14.0. The molecule has 4 rings (SSSR count). The smallest absolute Gasteiger partial charge is 0.216 e. The van der Waals surface area contributed by atoms with Gasteiger partial charge in [-0.25, -0.2) is 4.39 Å². The summed E-state index contributed by atoms with van der Waals surface area (Å²) in [7, 11) is 1.66. The van der Waals surface area contributed by atoms with E-state index in [0.717, 1.165) is 59.4 Å². The van der Waals surface area contributed by atoms with E-state index in [4.69, 9.17) is 14.2 Å². The van der Waals surface area contributed by atoms with Crippen LogP contribution >= 0.6 is 0 Å². The highest BCUT2D eigenvalue weighted by molar-refractivity contribution is 5.73. The second kappa shape index (κ2) is 12.5. The van der Waals surface area contributed by atoms with Crippen LogP contribution < -0.4 is 14.8 Å². The number of rotatable bonds is 10. The SMILES string of the molecule is COc1ccc(COC2CCC(Oc3ccc(CCNC(C)=O)c(-c4cccc(F)c4)c3)CC2)cc1. The van der Waals surface area contributed by atoms with E-state index >= 15 is 0 Å². The van der Waals surface area contributed by atoms with E-state index in [1.165, 1.54) is 19.1 Å². The first-order chi connectivity index (χ1) is 17.5. The number of carbonyl (C=O) groups excluding carboxylic acids is 1. The van der Waals surface area contributed by atoms with Gasteiger partial charge in [-0.2, -0.15) is 0 Å². The zero-order valence-corrected chi connectivity index (χ0v) is 21.0. The number of carbonyl (C=O) groups is 1. The average molecular weight is 492 g/mol. The van der Waals surface area contributed by atoms with E-state index in [2.05, 4.69) is 5.32 Å². The van der Waals surface area contributed by atoms with Crippen molar-refractivity contribution >= 4 is 5.91 Å². The zero-order valence-electron chi connectivity index (χ0n) is 21.0. The van der Waals surface area contributed by atoms with E-state index in [1.54, 1.807) is 13.2 Å². The van der Waals surface area contributed by atoms with E-state index in [1.807, 2.05) is 48.5 Å². The highest BCUT2D eigenvalue weighted by Crippen LogP contribution is 2.32. The second-order valence-electron chi connectivity index (χ2n) is 9.24. The number of ether oxygens (including phenoxy) is 3. The Bertz CT molecular complexity index is 1140. The molecule has 3 aromatic rings. The fourth-order valence-electron chi connectivity index (χ4n) is 4.59. The van der Waals surface area contributed by atoms with Gasteiger partial charge in [-0.3, -0.25) is 4.79 Å². The van der Waals surface area contributed by atoms with Crippen molar-refractivity contribution in [2.24, 2.45) is 0 Å². The predicted molar refractivity (Wildman–Crippen MR) is 139 cm³/mol. The zero-order chi connectivity index (χ0) is 25.3. The molecule has 0 radical (unpaired) electrons. The molecule has 0 heterocycles. The van der Waals surface area contributed by atoms with Gasteiger partial charge in [0, 0.05) is 13.5 Å². The molecule has 1 amide bonds. The molecular formula is C30H34FNO4. The van der Waals surface area contributed by atoms with Crippen molar-refractivity contribution in [1.82, 2.24) is 5.32 Å². The Morgan fingerprint density at radius 2 is 1.67 bits per heavy atom. The summed E-state index contributed by atoms with van der Waals surface area (Å²) < 4.78 is 31.6. The molecule has 0 aromatic heterocycles. The van der Waals surface area contributed by atoms with Gasteiger partial charge in [0.2, 0.25) is 5.91 Å². The second-order valence-corrected chi connectivity index (χ2v) is 9.24. The fraction of sp³-hybridized carbons (Fsp3) is 0.367.